The molecule has 1 aliphatic rings. The van der Waals surface area contributed by atoms with E-state index < -0.39 is 0 Å². The number of hydrogen-bond acceptors (Lipinski definition) is 3. The lowest BCUT2D eigenvalue weighted by atomic mass is 10.1. The molecule has 0 unspecified atom stereocenters. The monoisotopic (exact) mass is 324 g/mol. The van der Waals surface area contributed by atoms with Crippen molar-refractivity contribution in [3.8, 4) is 0 Å². The van der Waals surface area contributed by atoms with E-state index in [4.69, 9.17) is 0 Å². The van der Waals surface area contributed by atoms with Crippen LogP contribution in [0.25, 0.3) is 0 Å². The molecule has 126 valence electrons. The predicted molar refractivity (Wildman–Crippen MR) is 94.4 cm³/mol. The van der Waals surface area contributed by atoms with Crippen molar-refractivity contribution in [3.05, 3.63) is 66.0 Å². The molecule has 5 heteroatoms. The first-order valence-electron chi connectivity index (χ1n) is 8.43. The van der Waals surface area contributed by atoms with Crippen molar-refractivity contribution >= 4 is 6.03 Å². The van der Waals surface area contributed by atoms with Gasteiger partial charge in [0.05, 0.1) is 12.2 Å². The Morgan fingerprint density at radius 3 is 2.67 bits per heavy atom. The smallest absolute Gasteiger partial charge is 0.318 e. The molecule has 2 aromatic rings. The van der Waals surface area contributed by atoms with Gasteiger partial charge in [0.1, 0.15) is 0 Å². The Labute approximate surface area is 143 Å². The quantitative estimate of drug-likeness (QED) is 0.940. The topological polar surface area (TPSA) is 48.5 Å². The third-order valence-electron chi connectivity index (χ3n) is 4.37. The molecule has 0 aliphatic carbocycles. The van der Waals surface area contributed by atoms with Crippen molar-refractivity contribution < 1.29 is 4.79 Å². The van der Waals surface area contributed by atoms with Crippen LogP contribution >= 0.6 is 0 Å². The highest BCUT2D eigenvalue weighted by molar-refractivity contribution is 5.74. The zero-order chi connectivity index (χ0) is 16.8. The minimum atomic E-state index is -0.00693. The van der Waals surface area contributed by atoms with E-state index in [0.29, 0.717) is 6.54 Å². The minimum absolute atomic E-state index is 0.00693. The van der Waals surface area contributed by atoms with Gasteiger partial charge in [0, 0.05) is 38.4 Å². The zero-order valence-corrected chi connectivity index (χ0v) is 14.1. The van der Waals surface area contributed by atoms with Gasteiger partial charge in [-0.15, -0.1) is 0 Å². The molecular weight excluding hydrogens is 300 g/mol. The van der Waals surface area contributed by atoms with E-state index >= 15 is 0 Å². The number of urea groups is 1. The fraction of sp³-hybridized carbons (Fsp3) is 0.368. The van der Waals surface area contributed by atoms with E-state index in [1.54, 1.807) is 6.20 Å². The maximum atomic E-state index is 12.4. The van der Waals surface area contributed by atoms with Crippen molar-refractivity contribution in [2.45, 2.75) is 26.1 Å². The maximum Gasteiger partial charge on any atom is 0.318 e. The molecule has 0 saturated carbocycles. The summed E-state index contributed by atoms with van der Waals surface area (Å²) >= 11 is 0. The number of nitrogens with zero attached hydrogens (tertiary/aromatic N) is 3. The molecule has 1 N–H and O–H groups in total. The number of piperazine rings is 1. The van der Waals surface area contributed by atoms with Gasteiger partial charge in [0.25, 0.3) is 0 Å². The summed E-state index contributed by atoms with van der Waals surface area (Å²) in [4.78, 5) is 21.0. The number of carbonyl (C=O) groups is 1. The number of rotatable bonds is 4. The normalized spacial score (nSPS) is 18.4. The first-order chi connectivity index (χ1) is 11.7. The van der Waals surface area contributed by atoms with Crippen LogP contribution in [0.1, 0.15) is 18.2 Å². The minimum Gasteiger partial charge on any atom is -0.332 e. The van der Waals surface area contributed by atoms with Gasteiger partial charge in [-0.05, 0) is 24.6 Å². The summed E-state index contributed by atoms with van der Waals surface area (Å²) in [6, 6.07) is 16.4. The van der Waals surface area contributed by atoms with Crippen LogP contribution < -0.4 is 5.32 Å². The predicted octanol–water partition coefficient (Wildman–Crippen LogP) is 2.50. The van der Waals surface area contributed by atoms with Crippen molar-refractivity contribution in [2.75, 3.05) is 19.6 Å². The lowest BCUT2D eigenvalue weighted by Gasteiger charge is -2.39. The number of aromatic nitrogens is 1. The second kappa shape index (κ2) is 7.93. The van der Waals surface area contributed by atoms with Gasteiger partial charge < -0.3 is 10.2 Å². The van der Waals surface area contributed by atoms with Crippen molar-refractivity contribution in [1.29, 1.82) is 0 Å². The molecule has 0 bridgehead atoms. The van der Waals surface area contributed by atoms with Gasteiger partial charge in [0.2, 0.25) is 0 Å². The van der Waals surface area contributed by atoms with Crippen LogP contribution in [0.2, 0.25) is 0 Å². The van der Waals surface area contributed by atoms with Gasteiger partial charge in [0.15, 0.2) is 0 Å². The van der Waals surface area contributed by atoms with Crippen molar-refractivity contribution in [1.82, 2.24) is 20.1 Å². The summed E-state index contributed by atoms with van der Waals surface area (Å²) in [5, 5.41) is 2.97. The van der Waals surface area contributed by atoms with E-state index in [9.17, 15) is 4.79 Å². The highest BCUT2D eigenvalue weighted by Crippen LogP contribution is 2.13. The van der Waals surface area contributed by atoms with E-state index in [1.807, 2.05) is 29.2 Å². The van der Waals surface area contributed by atoms with Crippen LogP contribution in [0.15, 0.2) is 54.7 Å². The summed E-state index contributed by atoms with van der Waals surface area (Å²) in [5.74, 6) is 0. The highest BCUT2D eigenvalue weighted by atomic mass is 16.2. The highest BCUT2D eigenvalue weighted by Gasteiger charge is 2.27. The van der Waals surface area contributed by atoms with Crippen molar-refractivity contribution in [3.63, 3.8) is 0 Å². The standard InChI is InChI=1S/C19H24N4O/c1-16-14-22(15-17-7-3-2-4-8-17)11-12-23(16)19(24)21-13-18-9-5-6-10-20-18/h2-10,16H,11-15H2,1H3,(H,21,24)/t16-/m1/s1. The Morgan fingerprint density at radius 1 is 1.17 bits per heavy atom. The van der Waals surface area contributed by atoms with Crippen LogP contribution in [0.4, 0.5) is 4.79 Å². The Bertz CT molecular complexity index is 647. The molecular formula is C19H24N4O. The second-order valence-electron chi connectivity index (χ2n) is 6.24. The molecule has 24 heavy (non-hydrogen) atoms. The molecule has 0 radical (unpaired) electrons. The molecule has 1 aromatic carbocycles. The summed E-state index contributed by atoms with van der Waals surface area (Å²) < 4.78 is 0. The van der Waals surface area contributed by atoms with E-state index in [1.165, 1.54) is 5.56 Å². The molecule has 1 saturated heterocycles. The molecule has 1 aromatic heterocycles. The molecule has 1 fully saturated rings. The SMILES string of the molecule is C[C@@H]1CN(Cc2ccccc2)CCN1C(=O)NCc1ccccn1. The fourth-order valence-corrected chi connectivity index (χ4v) is 3.09. The third-order valence-corrected chi connectivity index (χ3v) is 4.37. The maximum absolute atomic E-state index is 12.4. The van der Waals surface area contributed by atoms with Crippen LogP contribution in [-0.4, -0.2) is 46.5 Å². The van der Waals surface area contributed by atoms with Crippen LogP contribution in [0.5, 0.6) is 0 Å². The zero-order valence-electron chi connectivity index (χ0n) is 14.1. The van der Waals surface area contributed by atoms with E-state index in [2.05, 4.69) is 46.4 Å². The van der Waals surface area contributed by atoms with E-state index in [0.717, 1.165) is 31.9 Å². The Hall–Kier alpha value is -2.40. The molecule has 1 atom stereocenters. The summed E-state index contributed by atoms with van der Waals surface area (Å²) in [7, 11) is 0. The fourth-order valence-electron chi connectivity index (χ4n) is 3.09. The largest absolute Gasteiger partial charge is 0.332 e. The van der Waals surface area contributed by atoms with Gasteiger partial charge in [-0.2, -0.15) is 0 Å². The average molecular weight is 324 g/mol. The number of carbonyl (C=O) groups excluding carboxylic acids is 1. The molecule has 1 aliphatic heterocycles. The van der Waals surface area contributed by atoms with Gasteiger partial charge in [-0.1, -0.05) is 36.4 Å². The van der Waals surface area contributed by atoms with Crippen molar-refractivity contribution in [2.24, 2.45) is 0 Å². The lowest BCUT2D eigenvalue weighted by molar-refractivity contribution is 0.0973. The summed E-state index contributed by atoms with van der Waals surface area (Å²) in [5.41, 5.74) is 2.19. The first-order valence-corrected chi connectivity index (χ1v) is 8.43. The molecule has 0 spiro atoms. The molecule has 2 heterocycles. The van der Waals surface area contributed by atoms with Gasteiger partial charge >= 0.3 is 6.03 Å². The van der Waals surface area contributed by atoms with E-state index in [-0.39, 0.29) is 12.1 Å². The first kappa shape index (κ1) is 16.5. The molecule has 3 rings (SSSR count). The number of benzene rings is 1. The lowest BCUT2D eigenvalue weighted by Crippen LogP contribution is -2.56. The van der Waals surface area contributed by atoms with Crippen LogP contribution in [0, 0.1) is 0 Å². The summed E-state index contributed by atoms with van der Waals surface area (Å²) in [6.07, 6.45) is 1.74. The third kappa shape index (κ3) is 4.32. The Kier molecular flexibility index (Phi) is 5.43. The average Bonchev–Trinajstić information content (AvgIpc) is 2.61. The molecule has 5 nitrogen and oxygen atoms in total. The van der Waals surface area contributed by atoms with Gasteiger partial charge in [-0.3, -0.25) is 9.88 Å². The number of nitrogens with one attached hydrogen (secondary N) is 1. The summed E-state index contributed by atoms with van der Waals surface area (Å²) in [6.45, 7) is 6.06. The van der Waals surface area contributed by atoms with Gasteiger partial charge in [-0.25, -0.2) is 4.79 Å². The van der Waals surface area contributed by atoms with Crippen LogP contribution in [0.3, 0.4) is 0 Å². The number of amides is 2. The van der Waals surface area contributed by atoms with Crippen LogP contribution in [-0.2, 0) is 13.1 Å². The Morgan fingerprint density at radius 2 is 1.96 bits per heavy atom. The number of hydrogen-bond donors (Lipinski definition) is 1. The number of pyridine rings is 1. The Balaban J connectivity index is 1.49. The molecule has 2 amide bonds. The second-order valence-corrected chi connectivity index (χ2v) is 6.24.